The molecule has 6 nitrogen and oxygen atoms in total. The summed E-state index contributed by atoms with van der Waals surface area (Å²) in [5.74, 6) is -1.77. The average molecular weight is 478 g/mol. The number of fused-ring (bicyclic) bond motifs is 2. The third kappa shape index (κ3) is 4.14. The van der Waals surface area contributed by atoms with Gasteiger partial charge in [0.1, 0.15) is 11.4 Å². The summed E-state index contributed by atoms with van der Waals surface area (Å²) in [6.45, 7) is 2.66. The molecular weight excluding hydrogens is 454 g/mol. The molecule has 1 unspecified atom stereocenters. The van der Waals surface area contributed by atoms with Crippen molar-refractivity contribution in [1.82, 2.24) is 9.55 Å². The number of hydrogen-bond acceptors (Lipinski definition) is 5. The maximum absolute atomic E-state index is 13.8. The molecule has 2 aromatic heterocycles. The second-order valence-corrected chi connectivity index (χ2v) is 8.62. The number of aromatic nitrogens is 2. The number of hydrogen-bond donors (Lipinski definition) is 1. The Labute approximate surface area is 200 Å². The highest BCUT2D eigenvalue weighted by Gasteiger charge is 2.28. The molecule has 0 amide bonds. The molecule has 1 N–H and O–H groups in total. The predicted octanol–water partition coefficient (Wildman–Crippen LogP) is 4.87. The van der Waals surface area contributed by atoms with E-state index in [2.05, 4.69) is 4.98 Å². The lowest BCUT2D eigenvalue weighted by Gasteiger charge is -2.21. The fourth-order valence-electron chi connectivity index (χ4n) is 4.68. The molecule has 8 heteroatoms. The topological polar surface area (TPSA) is 73.6 Å². The van der Waals surface area contributed by atoms with Crippen LogP contribution in [-0.4, -0.2) is 34.3 Å². The normalized spacial score (nSPS) is 13.9. The summed E-state index contributed by atoms with van der Waals surface area (Å²) in [6, 6.07) is 11.4. The summed E-state index contributed by atoms with van der Waals surface area (Å²) in [7, 11) is 1.22. The van der Waals surface area contributed by atoms with Gasteiger partial charge in [-0.1, -0.05) is 12.1 Å². The monoisotopic (exact) mass is 478 g/mol. The van der Waals surface area contributed by atoms with Crippen LogP contribution < -0.4 is 4.74 Å². The molecule has 0 saturated heterocycles. The van der Waals surface area contributed by atoms with Gasteiger partial charge in [0.25, 0.3) is 0 Å². The summed E-state index contributed by atoms with van der Waals surface area (Å²) in [5, 5.41) is 11.6. The first-order chi connectivity index (χ1) is 16.9. The standard InChI is InChI=1S/C27H24F2N2O4/c1-15-23(25(32)27(33)34-2)24(18-6-8-22-17(13-18)4-3-11-35-22)19-9-10-31(26(19)30-15)14-16-5-7-20(28)21(29)12-16/h5-10,12-13,25,32H,3-4,11,14H2,1-2H3. The molecule has 0 saturated carbocycles. The van der Waals surface area contributed by atoms with E-state index in [-0.39, 0.29) is 6.54 Å². The Bertz CT molecular complexity index is 1450. The van der Waals surface area contributed by atoms with Crippen molar-refractivity contribution in [3.05, 3.63) is 82.7 Å². The van der Waals surface area contributed by atoms with Gasteiger partial charge in [0.15, 0.2) is 17.7 Å². The van der Waals surface area contributed by atoms with Crippen LogP contribution in [0.2, 0.25) is 0 Å². The smallest absolute Gasteiger partial charge is 0.339 e. The second-order valence-electron chi connectivity index (χ2n) is 8.62. The van der Waals surface area contributed by atoms with Gasteiger partial charge < -0.3 is 19.1 Å². The molecule has 4 aromatic rings. The molecular formula is C27H24F2N2O4. The van der Waals surface area contributed by atoms with Gasteiger partial charge in [0, 0.05) is 34.9 Å². The first kappa shape index (κ1) is 23.0. The van der Waals surface area contributed by atoms with Gasteiger partial charge in [0.05, 0.1) is 13.7 Å². The first-order valence-corrected chi connectivity index (χ1v) is 11.3. The first-order valence-electron chi connectivity index (χ1n) is 11.3. The highest BCUT2D eigenvalue weighted by atomic mass is 19.2. The number of rotatable bonds is 5. The van der Waals surface area contributed by atoms with Crippen molar-refractivity contribution >= 4 is 17.0 Å². The van der Waals surface area contributed by atoms with Gasteiger partial charge in [-0.15, -0.1) is 0 Å². The van der Waals surface area contributed by atoms with Crippen LogP contribution in [-0.2, 0) is 22.5 Å². The molecule has 35 heavy (non-hydrogen) atoms. The lowest BCUT2D eigenvalue weighted by molar-refractivity contribution is -0.150. The third-order valence-electron chi connectivity index (χ3n) is 6.37. The van der Waals surface area contributed by atoms with Gasteiger partial charge >= 0.3 is 5.97 Å². The number of carbonyl (C=O) groups excluding carboxylic acids is 1. The van der Waals surface area contributed by atoms with Crippen molar-refractivity contribution < 1.29 is 28.2 Å². The van der Waals surface area contributed by atoms with Gasteiger partial charge in [-0.25, -0.2) is 18.6 Å². The van der Waals surface area contributed by atoms with Crippen LogP contribution in [0, 0.1) is 18.6 Å². The van der Waals surface area contributed by atoms with E-state index in [4.69, 9.17) is 9.47 Å². The lowest BCUT2D eigenvalue weighted by Crippen LogP contribution is -2.17. The molecule has 2 aromatic carbocycles. The highest BCUT2D eigenvalue weighted by Crippen LogP contribution is 2.39. The van der Waals surface area contributed by atoms with Crippen LogP contribution >= 0.6 is 0 Å². The molecule has 0 radical (unpaired) electrons. The van der Waals surface area contributed by atoms with Crippen LogP contribution in [0.25, 0.3) is 22.2 Å². The van der Waals surface area contributed by atoms with Crippen molar-refractivity contribution in [2.75, 3.05) is 13.7 Å². The predicted molar refractivity (Wildman–Crippen MR) is 126 cm³/mol. The SMILES string of the molecule is COC(=O)C(O)c1c(C)nc2c(ccn2Cc2ccc(F)c(F)c2)c1-c1ccc2c(c1)CCCO2. The second kappa shape index (κ2) is 9.11. The zero-order valence-electron chi connectivity index (χ0n) is 19.3. The minimum atomic E-state index is -1.52. The van der Waals surface area contributed by atoms with Crippen LogP contribution in [0.1, 0.15) is 34.9 Å². The number of methoxy groups -OCH3 is 1. The van der Waals surface area contributed by atoms with E-state index < -0.39 is 23.7 Å². The molecule has 0 bridgehead atoms. The number of aliphatic hydroxyl groups is 1. The average Bonchev–Trinajstić information content (AvgIpc) is 3.26. The number of halogens is 2. The lowest BCUT2D eigenvalue weighted by atomic mass is 9.91. The van der Waals surface area contributed by atoms with E-state index >= 15 is 0 Å². The minimum absolute atomic E-state index is 0.267. The van der Waals surface area contributed by atoms with Crippen molar-refractivity contribution in [2.24, 2.45) is 0 Å². The zero-order chi connectivity index (χ0) is 24.7. The number of aliphatic hydroxyl groups excluding tert-OH is 1. The number of esters is 1. The van der Waals surface area contributed by atoms with Crippen molar-refractivity contribution in [3.63, 3.8) is 0 Å². The van der Waals surface area contributed by atoms with Crippen LogP contribution in [0.15, 0.2) is 48.7 Å². The maximum atomic E-state index is 13.8. The number of nitrogens with zero attached hydrogens (tertiary/aromatic N) is 2. The van der Waals surface area contributed by atoms with E-state index in [1.54, 1.807) is 13.1 Å². The molecule has 1 atom stereocenters. The summed E-state index contributed by atoms with van der Waals surface area (Å²) in [4.78, 5) is 17.0. The van der Waals surface area contributed by atoms with E-state index in [1.807, 2.05) is 28.8 Å². The van der Waals surface area contributed by atoms with Crippen LogP contribution in [0.5, 0.6) is 5.75 Å². The molecule has 3 heterocycles. The highest BCUT2D eigenvalue weighted by molar-refractivity contribution is 5.98. The van der Waals surface area contributed by atoms with Gasteiger partial charge in [-0.3, -0.25) is 0 Å². The van der Waals surface area contributed by atoms with E-state index in [0.29, 0.717) is 40.0 Å². The number of pyridine rings is 1. The van der Waals surface area contributed by atoms with E-state index in [9.17, 15) is 18.7 Å². The Kier molecular flexibility index (Phi) is 5.98. The Balaban J connectivity index is 1.70. The molecule has 0 aliphatic carbocycles. The van der Waals surface area contributed by atoms with Crippen LogP contribution in [0.3, 0.4) is 0 Å². The van der Waals surface area contributed by atoms with E-state index in [1.165, 1.54) is 13.2 Å². The quantitative estimate of drug-likeness (QED) is 0.415. The summed E-state index contributed by atoms with van der Waals surface area (Å²) in [5.41, 5.74) is 4.53. The maximum Gasteiger partial charge on any atom is 0.339 e. The Morgan fingerprint density at radius 3 is 2.80 bits per heavy atom. The fourth-order valence-corrected chi connectivity index (χ4v) is 4.68. The van der Waals surface area contributed by atoms with Gasteiger partial charge in [0.2, 0.25) is 0 Å². The van der Waals surface area contributed by atoms with Crippen molar-refractivity contribution in [2.45, 2.75) is 32.4 Å². The number of aryl methyl sites for hydroxylation is 2. The Morgan fingerprint density at radius 1 is 1.20 bits per heavy atom. The third-order valence-corrected chi connectivity index (χ3v) is 6.37. The molecule has 5 rings (SSSR count). The van der Waals surface area contributed by atoms with Gasteiger partial charge in [-0.05, 0) is 66.8 Å². The number of ether oxygens (including phenoxy) is 2. The largest absolute Gasteiger partial charge is 0.493 e. The molecule has 1 aliphatic heterocycles. The van der Waals surface area contributed by atoms with Crippen molar-refractivity contribution in [3.8, 4) is 16.9 Å². The summed E-state index contributed by atoms with van der Waals surface area (Å²) >= 11 is 0. The van der Waals surface area contributed by atoms with Gasteiger partial charge in [-0.2, -0.15) is 0 Å². The molecule has 1 aliphatic rings. The molecule has 180 valence electrons. The summed E-state index contributed by atoms with van der Waals surface area (Å²) in [6.07, 6.45) is 2.05. The van der Waals surface area contributed by atoms with Crippen molar-refractivity contribution in [1.29, 1.82) is 0 Å². The van der Waals surface area contributed by atoms with Crippen LogP contribution in [0.4, 0.5) is 8.78 Å². The number of carbonyl (C=O) groups is 1. The molecule has 0 spiro atoms. The Morgan fingerprint density at radius 2 is 2.03 bits per heavy atom. The Hall–Kier alpha value is -3.78. The number of benzene rings is 2. The summed E-state index contributed by atoms with van der Waals surface area (Å²) < 4.78 is 39.6. The fraction of sp³-hybridized carbons (Fsp3) is 0.259. The minimum Gasteiger partial charge on any atom is -0.493 e. The molecule has 0 fully saturated rings. The van der Waals surface area contributed by atoms with E-state index in [0.717, 1.165) is 41.9 Å². The zero-order valence-corrected chi connectivity index (χ0v) is 19.3.